The number of carbonyl (C=O) groups is 1. The van der Waals surface area contributed by atoms with Crippen LogP contribution in [0.4, 0.5) is 0 Å². The van der Waals surface area contributed by atoms with E-state index < -0.39 is 0 Å². The predicted octanol–water partition coefficient (Wildman–Crippen LogP) is 4.59. The molecular formula is C20H21Cl3N2O2. The van der Waals surface area contributed by atoms with Crippen molar-refractivity contribution in [3.8, 4) is 0 Å². The third kappa shape index (κ3) is 5.37. The van der Waals surface area contributed by atoms with Gasteiger partial charge in [-0.1, -0.05) is 65.7 Å². The number of benzene rings is 2. The third-order valence-corrected chi connectivity index (χ3v) is 5.96. The molecule has 1 aliphatic rings. The summed E-state index contributed by atoms with van der Waals surface area (Å²) in [6, 6.07) is 15.3. The largest absolute Gasteiger partial charge is 0.367 e. The first kappa shape index (κ1) is 20.4. The number of nitrogens with zero attached hydrogens (tertiary/aromatic N) is 2. The van der Waals surface area contributed by atoms with E-state index in [1.54, 1.807) is 6.07 Å². The molecule has 0 saturated carbocycles. The average molecular weight is 428 g/mol. The van der Waals surface area contributed by atoms with Crippen molar-refractivity contribution in [3.63, 3.8) is 0 Å². The predicted molar refractivity (Wildman–Crippen MR) is 109 cm³/mol. The molecule has 0 spiro atoms. The lowest BCUT2D eigenvalue weighted by molar-refractivity contribution is -0.138. The third-order valence-electron chi connectivity index (χ3n) is 4.58. The number of hydrogen-bond donors (Lipinski definition) is 0. The Labute approximate surface area is 174 Å². The van der Waals surface area contributed by atoms with Gasteiger partial charge in [0.15, 0.2) is 0 Å². The summed E-state index contributed by atoms with van der Waals surface area (Å²) in [6.45, 7) is 3.00. The molecule has 0 radical (unpaired) electrons. The van der Waals surface area contributed by atoms with E-state index in [2.05, 4.69) is 4.90 Å². The fraction of sp³-hybridized carbons (Fsp3) is 0.350. The van der Waals surface area contributed by atoms with Gasteiger partial charge in [0.25, 0.3) is 0 Å². The minimum atomic E-state index is -0.176. The molecule has 1 unspecified atom stereocenters. The second-order valence-corrected chi connectivity index (χ2v) is 7.57. The molecule has 2 aromatic carbocycles. The molecule has 1 heterocycles. The van der Waals surface area contributed by atoms with E-state index in [0.29, 0.717) is 23.1 Å². The summed E-state index contributed by atoms with van der Waals surface area (Å²) >= 11 is 18.7. The molecule has 1 aliphatic heterocycles. The van der Waals surface area contributed by atoms with Gasteiger partial charge in [0, 0.05) is 26.2 Å². The Morgan fingerprint density at radius 3 is 2.41 bits per heavy atom. The van der Waals surface area contributed by atoms with Crippen molar-refractivity contribution >= 4 is 40.7 Å². The second kappa shape index (κ2) is 9.76. The minimum absolute atomic E-state index is 0.0197. The SMILES string of the molecule is O=C(COCc1cccc(Cl)c1Cl)N1CCN(C(Cl)c2ccccc2)CC1. The van der Waals surface area contributed by atoms with Gasteiger partial charge in [-0.3, -0.25) is 9.69 Å². The fourth-order valence-corrected chi connectivity index (χ4v) is 3.74. The first-order valence-electron chi connectivity index (χ1n) is 8.77. The van der Waals surface area contributed by atoms with Gasteiger partial charge in [-0.15, -0.1) is 11.6 Å². The van der Waals surface area contributed by atoms with Crippen LogP contribution in [0.5, 0.6) is 0 Å². The highest BCUT2D eigenvalue weighted by Crippen LogP contribution is 2.27. The van der Waals surface area contributed by atoms with E-state index in [1.165, 1.54) is 0 Å². The molecule has 1 fully saturated rings. The van der Waals surface area contributed by atoms with E-state index in [-0.39, 0.29) is 24.6 Å². The van der Waals surface area contributed by atoms with Crippen LogP contribution in [0.15, 0.2) is 48.5 Å². The van der Waals surface area contributed by atoms with Crippen molar-refractivity contribution in [2.75, 3.05) is 32.8 Å². The number of amides is 1. The maximum atomic E-state index is 12.4. The zero-order chi connectivity index (χ0) is 19.2. The maximum absolute atomic E-state index is 12.4. The van der Waals surface area contributed by atoms with Crippen molar-refractivity contribution in [1.29, 1.82) is 0 Å². The number of rotatable bonds is 6. The molecule has 27 heavy (non-hydrogen) atoms. The van der Waals surface area contributed by atoms with Crippen LogP contribution < -0.4 is 0 Å². The van der Waals surface area contributed by atoms with Crippen molar-refractivity contribution in [2.45, 2.75) is 12.1 Å². The van der Waals surface area contributed by atoms with Crippen molar-refractivity contribution in [3.05, 3.63) is 69.7 Å². The molecular weight excluding hydrogens is 407 g/mol. The number of carbonyl (C=O) groups excluding carboxylic acids is 1. The van der Waals surface area contributed by atoms with Gasteiger partial charge in [0.2, 0.25) is 5.91 Å². The number of piperazine rings is 1. The molecule has 144 valence electrons. The normalized spacial score (nSPS) is 16.3. The van der Waals surface area contributed by atoms with Gasteiger partial charge in [-0.2, -0.15) is 0 Å². The zero-order valence-corrected chi connectivity index (χ0v) is 17.1. The van der Waals surface area contributed by atoms with Crippen LogP contribution in [0.1, 0.15) is 16.6 Å². The molecule has 7 heteroatoms. The summed E-state index contributed by atoms with van der Waals surface area (Å²) in [5.74, 6) is -0.0290. The molecule has 0 aromatic heterocycles. The van der Waals surface area contributed by atoms with Gasteiger partial charge in [-0.25, -0.2) is 0 Å². The molecule has 1 saturated heterocycles. The molecule has 3 rings (SSSR count). The standard InChI is InChI=1S/C20H21Cl3N2O2/c21-17-8-4-7-16(19(17)22)13-27-14-18(26)24-9-11-25(12-10-24)20(23)15-5-2-1-3-6-15/h1-8,20H,9-14H2. The topological polar surface area (TPSA) is 32.8 Å². The molecule has 1 atom stereocenters. The van der Waals surface area contributed by atoms with Crippen molar-refractivity contribution in [2.24, 2.45) is 0 Å². The van der Waals surface area contributed by atoms with Crippen LogP contribution in [0, 0.1) is 0 Å². The number of halogens is 3. The highest BCUT2D eigenvalue weighted by molar-refractivity contribution is 6.42. The molecule has 1 amide bonds. The van der Waals surface area contributed by atoms with Crippen LogP contribution in [-0.2, 0) is 16.1 Å². The minimum Gasteiger partial charge on any atom is -0.367 e. The average Bonchev–Trinajstić information content (AvgIpc) is 2.71. The lowest BCUT2D eigenvalue weighted by atomic mass is 10.2. The summed E-state index contributed by atoms with van der Waals surface area (Å²) < 4.78 is 5.54. The zero-order valence-electron chi connectivity index (χ0n) is 14.8. The molecule has 0 bridgehead atoms. The Hall–Kier alpha value is -1.30. The highest BCUT2D eigenvalue weighted by atomic mass is 35.5. The van der Waals surface area contributed by atoms with Crippen LogP contribution in [0.2, 0.25) is 10.0 Å². The molecule has 4 nitrogen and oxygen atoms in total. The Morgan fingerprint density at radius 1 is 1.00 bits per heavy atom. The Kier molecular flexibility index (Phi) is 7.39. The van der Waals surface area contributed by atoms with Crippen LogP contribution in [0.3, 0.4) is 0 Å². The lowest BCUT2D eigenvalue weighted by Gasteiger charge is -2.37. The van der Waals surface area contributed by atoms with Crippen LogP contribution in [0.25, 0.3) is 0 Å². The van der Waals surface area contributed by atoms with Gasteiger partial charge in [0.1, 0.15) is 12.1 Å². The molecule has 0 aliphatic carbocycles. The molecule has 0 N–H and O–H groups in total. The van der Waals surface area contributed by atoms with E-state index in [9.17, 15) is 4.79 Å². The highest BCUT2D eigenvalue weighted by Gasteiger charge is 2.25. The Bertz CT molecular complexity index is 765. The first-order chi connectivity index (χ1) is 13.1. The maximum Gasteiger partial charge on any atom is 0.248 e. The summed E-state index contributed by atoms with van der Waals surface area (Å²) in [5.41, 5.74) is 1.67. The van der Waals surface area contributed by atoms with E-state index in [1.807, 2.05) is 47.4 Å². The van der Waals surface area contributed by atoms with Crippen LogP contribution >= 0.6 is 34.8 Å². The van der Waals surface area contributed by atoms with Gasteiger partial charge < -0.3 is 9.64 Å². The van der Waals surface area contributed by atoms with E-state index >= 15 is 0 Å². The summed E-state index contributed by atoms with van der Waals surface area (Å²) in [6.07, 6.45) is 0. The quantitative estimate of drug-likeness (QED) is 0.499. The number of ether oxygens (including phenoxy) is 1. The molecule has 2 aromatic rings. The van der Waals surface area contributed by atoms with Gasteiger partial charge in [-0.05, 0) is 17.2 Å². The van der Waals surface area contributed by atoms with Crippen LogP contribution in [-0.4, -0.2) is 48.5 Å². The number of alkyl halides is 1. The second-order valence-electron chi connectivity index (χ2n) is 6.37. The lowest BCUT2D eigenvalue weighted by Crippen LogP contribution is -2.49. The van der Waals surface area contributed by atoms with Gasteiger partial charge >= 0.3 is 0 Å². The van der Waals surface area contributed by atoms with E-state index in [0.717, 1.165) is 24.2 Å². The summed E-state index contributed by atoms with van der Waals surface area (Å²) in [7, 11) is 0. The monoisotopic (exact) mass is 426 g/mol. The van der Waals surface area contributed by atoms with Crippen molar-refractivity contribution in [1.82, 2.24) is 9.80 Å². The van der Waals surface area contributed by atoms with E-state index in [4.69, 9.17) is 39.5 Å². The van der Waals surface area contributed by atoms with Gasteiger partial charge in [0.05, 0.1) is 16.7 Å². The fourth-order valence-electron chi connectivity index (χ4n) is 3.02. The smallest absolute Gasteiger partial charge is 0.248 e. The van der Waals surface area contributed by atoms with Crippen molar-refractivity contribution < 1.29 is 9.53 Å². The Morgan fingerprint density at radius 2 is 1.70 bits per heavy atom. The first-order valence-corrected chi connectivity index (χ1v) is 9.97. The summed E-state index contributed by atoms with van der Waals surface area (Å²) in [5, 5.41) is 0.948. The number of hydrogen-bond acceptors (Lipinski definition) is 3. The Balaban J connectivity index is 1.44. The summed E-state index contributed by atoms with van der Waals surface area (Å²) in [4.78, 5) is 16.4.